The molecular weight excluding hydrogens is 490 g/mol. The van der Waals surface area contributed by atoms with E-state index in [-0.39, 0.29) is 6.04 Å². The second-order valence-corrected chi connectivity index (χ2v) is 11.6. The number of nitrogens with one attached hydrogen (secondary N) is 2. The fourth-order valence-corrected chi connectivity index (χ4v) is 5.82. The normalized spacial score (nSPS) is 20.6. The van der Waals surface area contributed by atoms with E-state index in [1.165, 1.54) is 12.6 Å². The molecule has 2 atom stereocenters. The molecule has 2 fully saturated rings. The van der Waals surface area contributed by atoms with Crippen LogP contribution in [-0.2, 0) is 10.0 Å². The Morgan fingerprint density at radius 2 is 1.78 bits per heavy atom. The quantitative estimate of drug-likeness (QED) is 0.379. The number of aryl methyl sites for hydroxylation is 2. The number of hydrogen-bond donors (Lipinski definition) is 2. The van der Waals surface area contributed by atoms with Crippen molar-refractivity contribution in [1.29, 1.82) is 0 Å². The number of aromatic nitrogens is 4. The molecule has 0 spiro atoms. The molecule has 0 bridgehead atoms. The highest BCUT2D eigenvalue weighted by Crippen LogP contribution is 2.47. The summed E-state index contributed by atoms with van der Waals surface area (Å²) in [6.45, 7) is 5.47. The third-order valence-corrected chi connectivity index (χ3v) is 7.63. The Morgan fingerprint density at radius 3 is 2.49 bits per heavy atom. The monoisotopic (exact) mass is 517 g/mol. The molecular formula is C26H27N7O3S. The lowest BCUT2D eigenvalue weighted by Crippen LogP contribution is -2.34. The van der Waals surface area contributed by atoms with Crippen LogP contribution in [0, 0.1) is 25.7 Å². The van der Waals surface area contributed by atoms with Crippen LogP contribution < -0.4 is 19.7 Å². The number of rotatable bonds is 7. The van der Waals surface area contributed by atoms with Gasteiger partial charge in [0.05, 0.1) is 24.2 Å². The van der Waals surface area contributed by atoms with Gasteiger partial charge in [-0.25, -0.2) is 28.1 Å². The molecule has 1 aliphatic heterocycles. The molecule has 2 N–H and O–H groups in total. The summed E-state index contributed by atoms with van der Waals surface area (Å²) in [5.41, 5.74) is 3.53. The fourth-order valence-electron chi connectivity index (χ4n) is 4.98. The average Bonchev–Trinajstić information content (AvgIpc) is 3.27. The molecule has 4 aromatic rings. The van der Waals surface area contributed by atoms with Crippen molar-refractivity contribution in [2.75, 3.05) is 29.6 Å². The van der Waals surface area contributed by atoms with Crippen LogP contribution in [0.1, 0.15) is 11.3 Å². The molecule has 37 heavy (non-hydrogen) atoms. The molecule has 3 aromatic heterocycles. The SMILES string of the molecule is Cc1ccc(Oc2ccc(Nc3ncnc4cnc(N5CC6C(C5)C6NS(C)(=O)=O)cc34)cc2C)cn1. The minimum Gasteiger partial charge on any atom is -0.455 e. The van der Waals surface area contributed by atoms with E-state index in [4.69, 9.17) is 4.74 Å². The molecule has 0 amide bonds. The Hall–Kier alpha value is -3.83. The molecule has 1 aromatic carbocycles. The van der Waals surface area contributed by atoms with Crippen LogP contribution in [0.15, 0.2) is 55.1 Å². The van der Waals surface area contributed by atoms with Crippen LogP contribution in [0.2, 0.25) is 0 Å². The molecule has 1 saturated carbocycles. The first-order chi connectivity index (χ1) is 17.7. The number of hydrogen-bond acceptors (Lipinski definition) is 9. The Kier molecular flexibility index (Phi) is 5.68. The van der Waals surface area contributed by atoms with Crippen LogP contribution in [-0.4, -0.2) is 53.7 Å². The highest BCUT2D eigenvalue weighted by atomic mass is 32.2. The minimum atomic E-state index is -3.19. The zero-order chi connectivity index (χ0) is 25.7. The summed E-state index contributed by atoms with van der Waals surface area (Å²) in [5, 5.41) is 4.28. The van der Waals surface area contributed by atoms with Gasteiger partial charge >= 0.3 is 0 Å². The minimum absolute atomic E-state index is 0.0322. The standard InChI is InChI=1S/C26H27N7O3S/c1-15-8-17(5-7-23(15)36-18-6-4-16(2)27-10-18)31-26-19-9-24(28-11-22(19)29-14-30-26)33-12-20-21(13-33)25(20)32-37(3,34)35/h4-11,14,20-21,25,32H,12-13H2,1-3H3,(H,29,30,31). The van der Waals surface area contributed by atoms with Crippen LogP contribution in [0.5, 0.6) is 11.5 Å². The summed E-state index contributed by atoms with van der Waals surface area (Å²) >= 11 is 0. The van der Waals surface area contributed by atoms with Gasteiger partial charge in [-0.15, -0.1) is 0 Å². The maximum Gasteiger partial charge on any atom is 0.208 e. The molecule has 10 nitrogen and oxygen atoms in total. The van der Waals surface area contributed by atoms with Crippen LogP contribution >= 0.6 is 0 Å². The Labute approximate surface area is 215 Å². The summed E-state index contributed by atoms with van der Waals surface area (Å²) in [5.74, 6) is 3.60. The van der Waals surface area contributed by atoms with E-state index >= 15 is 0 Å². The Morgan fingerprint density at radius 1 is 0.973 bits per heavy atom. The number of fused-ring (bicyclic) bond motifs is 2. The first-order valence-corrected chi connectivity index (χ1v) is 13.9. The van der Waals surface area contributed by atoms with E-state index in [0.29, 0.717) is 23.4 Å². The Balaban J connectivity index is 1.19. The molecule has 1 saturated heterocycles. The van der Waals surface area contributed by atoms with Crippen molar-refractivity contribution in [2.45, 2.75) is 19.9 Å². The predicted octanol–water partition coefficient (Wildman–Crippen LogP) is 3.56. The van der Waals surface area contributed by atoms with E-state index < -0.39 is 10.0 Å². The van der Waals surface area contributed by atoms with Gasteiger partial charge in [0, 0.05) is 35.9 Å². The highest BCUT2D eigenvalue weighted by Gasteiger charge is 2.57. The van der Waals surface area contributed by atoms with Gasteiger partial charge in [-0.05, 0) is 67.6 Å². The number of anilines is 3. The van der Waals surface area contributed by atoms with Crippen LogP contribution in [0.3, 0.4) is 0 Å². The van der Waals surface area contributed by atoms with Crippen molar-refractivity contribution in [2.24, 2.45) is 11.8 Å². The maximum atomic E-state index is 11.6. The number of ether oxygens (including phenoxy) is 1. The van der Waals surface area contributed by atoms with Crippen LogP contribution in [0.25, 0.3) is 10.9 Å². The lowest BCUT2D eigenvalue weighted by molar-refractivity contribution is 0.476. The van der Waals surface area contributed by atoms with Gasteiger partial charge in [-0.3, -0.25) is 4.98 Å². The fraction of sp³-hybridized carbons (Fsp3) is 0.308. The van der Waals surface area contributed by atoms with Crippen molar-refractivity contribution >= 4 is 38.2 Å². The Bertz CT molecular complexity index is 1580. The van der Waals surface area contributed by atoms with Gasteiger partial charge in [0.2, 0.25) is 10.0 Å². The average molecular weight is 518 g/mol. The van der Waals surface area contributed by atoms with Gasteiger partial charge in [0.15, 0.2) is 0 Å². The zero-order valence-corrected chi connectivity index (χ0v) is 21.5. The molecule has 4 heterocycles. The van der Waals surface area contributed by atoms with Crippen molar-refractivity contribution < 1.29 is 13.2 Å². The number of nitrogens with zero attached hydrogens (tertiary/aromatic N) is 5. The summed E-state index contributed by atoms with van der Waals surface area (Å²) in [4.78, 5) is 20.0. The van der Waals surface area contributed by atoms with Crippen molar-refractivity contribution in [3.63, 3.8) is 0 Å². The summed E-state index contributed by atoms with van der Waals surface area (Å²) < 4.78 is 31.9. The molecule has 6 rings (SSSR count). The molecule has 0 radical (unpaired) electrons. The number of benzene rings is 1. The zero-order valence-electron chi connectivity index (χ0n) is 20.7. The van der Waals surface area contributed by atoms with Gasteiger partial charge in [0.1, 0.15) is 29.5 Å². The summed E-state index contributed by atoms with van der Waals surface area (Å²) in [6, 6.07) is 11.7. The van der Waals surface area contributed by atoms with E-state index in [1.54, 1.807) is 12.4 Å². The largest absolute Gasteiger partial charge is 0.455 e. The predicted molar refractivity (Wildman–Crippen MR) is 142 cm³/mol. The van der Waals surface area contributed by atoms with Crippen LogP contribution in [0.4, 0.5) is 17.3 Å². The summed E-state index contributed by atoms with van der Waals surface area (Å²) in [6.07, 6.45) is 6.20. The van der Waals surface area contributed by atoms with E-state index in [1.807, 2.05) is 50.2 Å². The second kappa shape index (κ2) is 8.93. The van der Waals surface area contributed by atoms with E-state index in [0.717, 1.165) is 52.5 Å². The van der Waals surface area contributed by atoms with Gasteiger partial charge in [-0.1, -0.05) is 0 Å². The lowest BCUT2D eigenvalue weighted by Gasteiger charge is -2.21. The van der Waals surface area contributed by atoms with Gasteiger partial charge < -0.3 is 15.0 Å². The van der Waals surface area contributed by atoms with E-state index in [2.05, 4.69) is 34.9 Å². The maximum absolute atomic E-state index is 11.6. The van der Waals surface area contributed by atoms with E-state index in [9.17, 15) is 8.42 Å². The second-order valence-electron chi connectivity index (χ2n) is 9.77. The molecule has 11 heteroatoms. The van der Waals surface area contributed by atoms with Crippen molar-refractivity contribution in [3.8, 4) is 11.5 Å². The first-order valence-electron chi connectivity index (χ1n) is 12.0. The van der Waals surface area contributed by atoms with Crippen molar-refractivity contribution in [3.05, 3.63) is 66.4 Å². The third-order valence-electron chi connectivity index (χ3n) is 6.93. The smallest absolute Gasteiger partial charge is 0.208 e. The number of piperidine rings is 1. The van der Waals surface area contributed by atoms with Gasteiger partial charge in [0.25, 0.3) is 0 Å². The molecule has 1 aliphatic carbocycles. The first kappa shape index (κ1) is 23.6. The van der Waals surface area contributed by atoms with Gasteiger partial charge in [-0.2, -0.15) is 0 Å². The molecule has 2 aliphatic rings. The van der Waals surface area contributed by atoms with Crippen molar-refractivity contribution in [1.82, 2.24) is 24.7 Å². The highest BCUT2D eigenvalue weighted by molar-refractivity contribution is 7.88. The summed E-state index contributed by atoms with van der Waals surface area (Å²) in [7, 11) is -3.19. The topological polar surface area (TPSA) is 122 Å². The molecule has 2 unspecified atom stereocenters. The molecule has 190 valence electrons. The lowest BCUT2D eigenvalue weighted by atomic mass is 10.2. The third kappa shape index (κ3) is 4.92. The number of pyridine rings is 2. The number of sulfonamides is 1.